The molecule has 0 spiro atoms. The van der Waals surface area contributed by atoms with Crippen LogP contribution in [0.25, 0.3) is 10.4 Å². The number of carbonyl (C=O) groups excluding carboxylic acids is 1. The van der Waals surface area contributed by atoms with Gasteiger partial charge in [-0.15, -0.1) is 5.10 Å². The molecule has 2 N–H and O–H groups in total. The summed E-state index contributed by atoms with van der Waals surface area (Å²) in [5.41, 5.74) is 11.1. The number of aryl methyl sites for hydroxylation is 2. The average Bonchev–Trinajstić information content (AvgIpc) is 3.25. The predicted octanol–water partition coefficient (Wildman–Crippen LogP) is 4.21. The maximum Gasteiger partial charge on any atom is 0.251 e. The third-order valence-corrected chi connectivity index (χ3v) is 5.32. The van der Waals surface area contributed by atoms with Crippen molar-refractivity contribution in [2.75, 3.05) is 13.1 Å². The molecule has 0 radical (unpaired) electrons. The van der Waals surface area contributed by atoms with E-state index in [1.165, 1.54) is 24.8 Å². The number of aromatic nitrogens is 3. The highest BCUT2D eigenvalue weighted by Crippen LogP contribution is 2.10. The Labute approximate surface area is 189 Å². The summed E-state index contributed by atoms with van der Waals surface area (Å²) in [4.78, 5) is 15.0. The number of unbranched alkanes of at least 4 members (excludes halogenated alkanes) is 4. The second-order valence-electron chi connectivity index (χ2n) is 8.05. The van der Waals surface area contributed by atoms with Crippen molar-refractivity contribution >= 4 is 5.91 Å². The third kappa shape index (κ3) is 9.94. The molecule has 2 aromatic rings. The van der Waals surface area contributed by atoms with E-state index in [0.717, 1.165) is 37.8 Å². The number of aliphatic hydroxyl groups is 1. The number of amides is 1. The first-order chi connectivity index (χ1) is 15.6. The lowest BCUT2D eigenvalue weighted by atomic mass is 10.1. The molecule has 1 aromatic carbocycles. The van der Waals surface area contributed by atoms with Gasteiger partial charge >= 0.3 is 0 Å². The quantitative estimate of drug-likeness (QED) is 0.175. The van der Waals surface area contributed by atoms with Crippen LogP contribution < -0.4 is 5.32 Å². The highest BCUT2D eigenvalue weighted by molar-refractivity contribution is 5.94. The summed E-state index contributed by atoms with van der Waals surface area (Å²) >= 11 is 0. The maximum atomic E-state index is 12.3. The van der Waals surface area contributed by atoms with Gasteiger partial charge in [-0.3, -0.25) is 9.48 Å². The molecule has 0 aliphatic carbocycles. The van der Waals surface area contributed by atoms with Crippen LogP contribution in [0.1, 0.15) is 73.5 Å². The number of nitrogens with one attached hydrogen (secondary N) is 1. The molecule has 0 aliphatic rings. The Morgan fingerprint density at radius 1 is 1.19 bits per heavy atom. The van der Waals surface area contributed by atoms with Crippen LogP contribution in [0.4, 0.5) is 0 Å². The van der Waals surface area contributed by atoms with Gasteiger partial charge in [0.2, 0.25) is 0 Å². The Kier molecular flexibility index (Phi) is 11.9. The van der Waals surface area contributed by atoms with E-state index < -0.39 is 6.10 Å². The fraction of sp³-hybridized carbons (Fsp3) is 0.609. The van der Waals surface area contributed by atoms with Crippen LogP contribution in [0.5, 0.6) is 0 Å². The number of carbonyl (C=O) groups is 1. The van der Waals surface area contributed by atoms with Crippen molar-refractivity contribution in [3.05, 3.63) is 57.7 Å². The molecule has 1 atom stereocenters. The van der Waals surface area contributed by atoms with Crippen molar-refractivity contribution in [3.63, 3.8) is 0 Å². The van der Waals surface area contributed by atoms with Crippen LogP contribution in [0.2, 0.25) is 0 Å². The van der Waals surface area contributed by atoms with Gasteiger partial charge in [-0.05, 0) is 55.3 Å². The minimum atomic E-state index is -0.564. The molecule has 1 unspecified atom stereocenters. The SMILES string of the molecule is CCCCCc1ccc(C(=O)NCCn2cc(CCCCCC(O)CN=[N+]=[N-])nn2)cc1. The van der Waals surface area contributed by atoms with Gasteiger partial charge in [-0.2, -0.15) is 0 Å². The topological polar surface area (TPSA) is 129 Å². The zero-order valence-corrected chi connectivity index (χ0v) is 19.0. The third-order valence-electron chi connectivity index (χ3n) is 5.32. The molecule has 2 rings (SSSR count). The summed E-state index contributed by atoms with van der Waals surface area (Å²) in [7, 11) is 0. The Hall–Kier alpha value is -2.90. The van der Waals surface area contributed by atoms with E-state index in [1.54, 1.807) is 4.68 Å². The molecule has 0 saturated carbocycles. The molecule has 1 heterocycles. The fourth-order valence-corrected chi connectivity index (χ4v) is 3.44. The predicted molar refractivity (Wildman–Crippen MR) is 124 cm³/mol. The molecule has 9 nitrogen and oxygen atoms in total. The first-order valence-corrected chi connectivity index (χ1v) is 11.6. The van der Waals surface area contributed by atoms with Gasteiger partial charge in [-0.25, -0.2) is 0 Å². The minimum Gasteiger partial charge on any atom is -0.393 e. The molecule has 0 aliphatic heterocycles. The summed E-state index contributed by atoms with van der Waals surface area (Å²) in [6.45, 7) is 3.38. The number of hydrogen-bond acceptors (Lipinski definition) is 5. The number of benzene rings is 1. The Bertz CT molecular complexity index is 844. The molecule has 32 heavy (non-hydrogen) atoms. The van der Waals surface area contributed by atoms with Gasteiger partial charge in [0.05, 0.1) is 24.9 Å². The number of nitrogens with zero attached hydrogens (tertiary/aromatic N) is 6. The van der Waals surface area contributed by atoms with Crippen LogP contribution in [-0.4, -0.2) is 45.2 Å². The van der Waals surface area contributed by atoms with Gasteiger partial charge in [0, 0.05) is 23.2 Å². The molecule has 0 fully saturated rings. The van der Waals surface area contributed by atoms with Crippen LogP contribution in [0, 0.1) is 0 Å². The zero-order chi connectivity index (χ0) is 23.0. The number of aliphatic hydroxyl groups excluding tert-OH is 1. The first kappa shape index (κ1) is 25.4. The van der Waals surface area contributed by atoms with Crippen molar-refractivity contribution in [2.24, 2.45) is 5.11 Å². The van der Waals surface area contributed by atoms with Crippen molar-refractivity contribution in [1.82, 2.24) is 20.3 Å². The van der Waals surface area contributed by atoms with E-state index >= 15 is 0 Å². The summed E-state index contributed by atoms with van der Waals surface area (Å²) in [5.74, 6) is -0.0758. The summed E-state index contributed by atoms with van der Waals surface area (Å²) in [6, 6.07) is 7.85. The lowest BCUT2D eigenvalue weighted by Gasteiger charge is -2.06. The van der Waals surface area contributed by atoms with Gasteiger partial charge < -0.3 is 10.4 Å². The average molecular weight is 442 g/mol. The second kappa shape index (κ2) is 15.0. The van der Waals surface area contributed by atoms with E-state index in [2.05, 4.69) is 32.6 Å². The van der Waals surface area contributed by atoms with Crippen molar-refractivity contribution in [3.8, 4) is 0 Å². The first-order valence-electron chi connectivity index (χ1n) is 11.6. The Morgan fingerprint density at radius 2 is 1.97 bits per heavy atom. The van der Waals surface area contributed by atoms with E-state index in [-0.39, 0.29) is 12.5 Å². The number of rotatable bonds is 16. The molecular weight excluding hydrogens is 406 g/mol. The summed E-state index contributed by atoms with van der Waals surface area (Å²) in [5, 5.41) is 24.2. The monoisotopic (exact) mass is 441 g/mol. The standard InChI is InChI=1S/C23H35N7O2/c1-2-3-5-8-19-11-13-20(14-12-19)23(32)25-15-16-30-18-21(27-29-30)9-6-4-7-10-22(31)17-26-28-24/h11-14,18,22,31H,2-10,15-17H2,1H3,(H,25,32). The van der Waals surface area contributed by atoms with Crippen molar-refractivity contribution < 1.29 is 9.90 Å². The molecule has 0 bridgehead atoms. The molecule has 1 amide bonds. The van der Waals surface area contributed by atoms with Crippen molar-refractivity contribution in [2.45, 2.75) is 77.4 Å². The minimum absolute atomic E-state index is 0.0758. The van der Waals surface area contributed by atoms with Crippen LogP contribution in [-0.2, 0) is 19.4 Å². The Balaban J connectivity index is 1.61. The normalized spacial score (nSPS) is 11.7. The van der Waals surface area contributed by atoms with Crippen LogP contribution in [0.15, 0.2) is 35.6 Å². The maximum absolute atomic E-state index is 12.3. The molecule has 174 valence electrons. The fourth-order valence-electron chi connectivity index (χ4n) is 3.44. The highest BCUT2D eigenvalue weighted by atomic mass is 16.3. The lowest BCUT2D eigenvalue weighted by molar-refractivity contribution is 0.0952. The number of hydrogen-bond donors (Lipinski definition) is 2. The molecule has 9 heteroatoms. The largest absolute Gasteiger partial charge is 0.393 e. The van der Waals surface area contributed by atoms with Crippen molar-refractivity contribution in [1.29, 1.82) is 0 Å². The van der Waals surface area contributed by atoms with Gasteiger partial charge in [-0.1, -0.05) is 55.1 Å². The van der Waals surface area contributed by atoms with E-state index in [9.17, 15) is 9.90 Å². The van der Waals surface area contributed by atoms with Crippen LogP contribution in [0.3, 0.4) is 0 Å². The van der Waals surface area contributed by atoms with Crippen LogP contribution >= 0.6 is 0 Å². The van der Waals surface area contributed by atoms with E-state index in [4.69, 9.17) is 5.53 Å². The second-order valence-corrected chi connectivity index (χ2v) is 8.05. The highest BCUT2D eigenvalue weighted by Gasteiger charge is 2.07. The Morgan fingerprint density at radius 3 is 2.72 bits per heavy atom. The summed E-state index contributed by atoms with van der Waals surface area (Å²) in [6.07, 6.45) is 10.3. The van der Waals surface area contributed by atoms with Gasteiger partial charge in [0.25, 0.3) is 5.91 Å². The summed E-state index contributed by atoms with van der Waals surface area (Å²) < 4.78 is 1.75. The van der Waals surface area contributed by atoms with E-state index in [1.807, 2.05) is 30.5 Å². The van der Waals surface area contributed by atoms with Gasteiger partial charge in [0.15, 0.2) is 0 Å². The smallest absolute Gasteiger partial charge is 0.251 e. The zero-order valence-electron chi connectivity index (χ0n) is 19.0. The molecule has 0 saturated heterocycles. The molecular formula is C23H35N7O2. The van der Waals surface area contributed by atoms with E-state index in [0.29, 0.717) is 25.1 Å². The van der Waals surface area contributed by atoms with Gasteiger partial charge in [0.1, 0.15) is 0 Å². The number of azide groups is 1. The lowest BCUT2D eigenvalue weighted by Crippen LogP contribution is -2.27. The molecule has 1 aromatic heterocycles.